The van der Waals surface area contributed by atoms with E-state index in [9.17, 15) is 18.4 Å². The van der Waals surface area contributed by atoms with Gasteiger partial charge in [-0.05, 0) is 79.9 Å². The molecule has 0 saturated heterocycles. The summed E-state index contributed by atoms with van der Waals surface area (Å²) < 4.78 is 28.9. The van der Waals surface area contributed by atoms with E-state index in [1.165, 1.54) is 35.6 Å². The summed E-state index contributed by atoms with van der Waals surface area (Å²) in [5.74, 6) is -2.34. The maximum absolute atomic E-state index is 13.8. The fourth-order valence-electron chi connectivity index (χ4n) is 3.87. The standard InChI is InChI=1S/C27H20F2N4O2S/c1-16(2)33-25-21(15-30-33)23(14-22(31-25)24-4-3-13-36-24)32(26(34)17-5-9-19(28)10-6-17)27(35)18-7-11-20(29)12-8-18/h3-16H,1-2H3. The van der Waals surface area contributed by atoms with Gasteiger partial charge in [0.2, 0.25) is 0 Å². The van der Waals surface area contributed by atoms with Gasteiger partial charge in [0, 0.05) is 17.2 Å². The monoisotopic (exact) mass is 502 g/mol. The number of imide groups is 1. The van der Waals surface area contributed by atoms with Gasteiger partial charge in [-0.15, -0.1) is 11.3 Å². The summed E-state index contributed by atoms with van der Waals surface area (Å²) in [6.45, 7) is 3.91. The Morgan fingerprint density at radius 1 is 0.917 bits per heavy atom. The van der Waals surface area contributed by atoms with Gasteiger partial charge < -0.3 is 0 Å². The zero-order chi connectivity index (χ0) is 25.4. The van der Waals surface area contributed by atoms with Gasteiger partial charge in [0.1, 0.15) is 11.6 Å². The van der Waals surface area contributed by atoms with Gasteiger partial charge in [0.15, 0.2) is 5.65 Å². The first-order chi connectivity index (χ1) is 17.3. The van der Waals surface area contributed by atoms with Crippen LogP contribution in [0.4, 0.5) is 14.5 Å². The van der Waals surface area contributed by atoms with E-state index in [-0.39, 0.29) is 22.9 Å². The van der Waals surface area contributed by atoms with Crippen molar-refractivity contribution in [1.29, 1.82) is 0 Å². The Bertz CT molecular complexity index is 1500. The molecule has 6 nitrogen and oxygen atoms in total. The van der Waals surface area contributed by atoms with Crippen LogP contribution in [0, 0.1) is 11.6 Å². The zero-order valence-electron chi connectivity index (χ0n) is 19.4. The Labute approximate surface area is 209 Å². The molecular weight excluding hydrogens is 482 g/mol. The van der Waals surface area contributed by atoms with E-state index in [0.717, 1.165) is 34.0 Å². The molecule has 3 heterocycles. The average molecular weight is 503 g/mol. The summed E-state index contributed by atoms with van der Waals surface area (Å²) in [5.41, 5.74) is 1.59. The smallest absolute Gasteiger partial charge is 0.265 e. The van der Waals surface area contributed by atoms with Crippen LogP contribution in [0.5, 0.6) is 0 Å². The summed E-state index contributed by atoms with van der Waals surface area (Å²) in [6.07, 6.45) is 1.57. The first-order valence-corrected chi connectivity index (χ1v) is 12.0. The van der Waals surface area contributed by atoms with Gasteiger partial charge in [-0.3, -0.25) is 9.59 Å². The number of anilines is 1. The first kappa shape index (κ1) is 23.5. The zero-order valence-corrected chi connectivity index (χ0v) is 20.2. The van der Waals surface area contributed by atoms with E-state index in [2.05, 4.69) is 5.10 Å². The summed E-state index contributed by atoms with van der Waals surface area (Å²) in [4.78, 5) is 34.2. The molecule has 5 rings (SSSR count). The van der Waals surface area contributed by atoms with Crippen molar-refractivity contribution in [2.24, 2.45) is 0 Å². The van der Waals surface area contributed by atoms with Gasteiger partial charge in [-0.1, -0.05) is 6.07 Å². The predicted octanol–water partition coefficient (Wildman–Crippen LogP) is 6.51. The van der Waals surface area contributed by atoms with Crippen LogP contribution in [0.1, 0.15) is 40.6 Å². The van der Waals surface area contributed by atoms with Crippen molar-refractivity contribution >= 4 is 39.9 Å². The molecular formula is C27H20F2N4O2S. The Morgan fingerprint density at radius 2 is 1.50 bits per heavy atom. The van der Waals surface area contributed by atoms with Crippen molar-refractivity contribution in [3.8, 4) is 10.6 Å². The number of benzene rings is 2. The molecule has 0 aliphatic heterocycles. The number of amides is 2. The number of rotatable bonds is 5. The van der Waals surface area contributed by atoms with Gasteiger partial charge in [-0.25, -0.2) is 23.3 Å². The van der Waals surface area contributed by atoms with Crippen LogP contribution in [0.25, 0.3) is 21.6 Å². The van der Waals surface area contributed by atoms with Gasteiger partial charge in [-0.2, -0.15) is 5.10 Å². The van der Waals surface area contributed by atoms with E-state index >= 15 is 0 Å². The highest BCUT2D eigenvalue weighted by Crippen LogP contribution is 2.35. The predicted molar refractivity (Wildman–Crippen MR) is 135 cm³/mol. The second kappa shape index (κ2) is 9.43. The van der Waals surface area contributed by atoms with Gasteiger partial charge in [0.05, 0.1) is 27.8 Å². The molecule has 0 spiro atoms. The molecule has 0 unspecified atom stereocenters. The number of halogens is 2. The number of pyridine rings is 1. The lowest BCUT2D eigenvalue weighted by atomic mass is 10.1. The lowest BCUT2D eigenvalue weighted by Gasteiger charge is -2.23. The lowest BCUT2D eigenvalue weighted by Crippen LogP contribution is -2.37. The van der Waals surface area contributed by atoms with Crippen LogP contribution in [-0.4, -0.2) is 26.6 Å². The fourth-order valence-corrected chi connectivity index (χ4v) is 4.56. The first-order valence-electron chi connectivity index (χ1n) is 11.2. The molecule has 2 amide bonds. The highest BCUT2D eigenvalue weighted by Gasteiger charge is 2.30. The molecule has 0 fully saturated rings. The molecule has 9 heteroatoms. The van der Waals surface area contributed by atoms with Gasteiger partial charge >= 0.3 is 0 Å². The minimum Gasteiger partial charge on any atom is -0.268 e. The van der Waals surface area contributed by atoms with Crippen LogP contribution in [0.15, 0.2) is 78.3 Å². The number of carbonyl (C=O) groups is 2. The van der Waals surface area contributed by atoms with Crippen molar-refractivity contribution in [1.82, 2.24) is 14.8 Å². The summed E-state index contributed by atoms with van der Waals surface area (Å²) in [6, 6.07) is 15.3. The Balaban J connectivity index is 1.77. The van der Waals surface area contributed by atoms with Crippen molar-refractivity contribution < 1.29 is 18.4 Å². The minimum absolute atomic E-state index is 0.0320. The Hall–Kier alpha value is -4.24. The third-order valence-corrected chi connectivity index (χ3v) is 6.53. The maximum atomic E-state index is 13.8. The highest BCUT2D eigenvalue weighted by atomic mass is 32.1. The van der Waals surface area contributed by atoms with Crippen LogP contribution in [0.3, 0.4) is 0 Å². The number of fused-ring (bicyclic) bond motifs is 1. The normalized spacial score (nSPS) is 11.2. The fraction of sp³-hybridized carbons (Fsp3) is 0.111. The third-order valence-electron chi connectivity index (χ3n) is 5.64. The largest absolute Gasteiger partial charge is 0.268 e. The van der Waals surface area contributed by atoms with E-state index in [1.54, 1.807) is 16.9 Å². The molecule has 0 aliphatic carbocycles. The van der Waals surface area contributed by atoms with E-state index < -0.39 is 23.4 Å². The molecule has 0 saturated carbocycles. The van der Waals surface area contributed by atoms with Crippen LogP contribution >= 0.6 is 11.3 Å². The third kappa shape index (κ3) is 4.29. The molecule has 2 aromatic carbocycles. The molecule has 0 atom stereocenters. The lowest BCUT2D eigenvalue weighted by molar-refractivity contribution is 0.0898. The molecule has 0 bridgehead atoms. The van der Waals surface area contributed by atoms with Crippen molar-refractivity contribution in [2.75, 3.05) is 4.90 Å². The molecule has 0 aliphatic rings. The van der Waals surface area contributed by atoms with Crippen LogP contribution in [-0.2, 0) is 0 Å². The van der Waals surface area contributed by atoms with Gasteiger partial charge in [0.25, 0.3) is 11.8 Å². The molecule has 0 N–H and O–H groups in total. The molecule has 0 radical (unpaired) electrons. The molecule has 180 valence electrons. The van der Waals surface area contributed by atoms with Crippen molar-refractivity contribution in [2.45, 2.75) is 19.9 Å². The van der Waals surface area contributed by atoms with Crippen molar-refractivity contribution in [3.05, 3.63) is 101 Å². The summed E-state index contributed by atoms with van der Waals surface area (Å²) >= 11 is 1.47. The number of thiophene rings is 1. The maximum Gasteiger partial charge on any atom is 0.265 e. The molecule has 3 aromatic heterocycles. The number of aromatic nitrogens is 3. The highest BCUT2D eigenvalue weighted by molar-refractivity contribution is 7.13. The van der Waals surface area contributed by atoms with E-state index in [4.69, 9.17) is 4.98 Å². The number of carbonyl (C=O) groups excluding carboxylic acids is 2. The Kier molecular flexibility index (Phi) is 6.15. The Morgan fingerprint density at radius 3 is 2.00 bits per heavy atom. The molecule has 5 aromatic rings. The quantitative estimate of drug-likeness (QED) is 0.257. The minimum atomic E-state index is -0.661. The van der Waals surface area contributed by atoms with Crippen molar-refractivity contribution in [3.63, 3.8) is 0 Å². The summed E-state index contributed by atoms with van der Waals surface area (Å²) in [5, 5.41) is 6.86. The number of hydrogen-bond donors (Lipinski definition) is 0. The van der Waals surface area contributed by atoms with E-state index in [1.807, 2.05) is 31.4 Å². The second-order valence-electron chi connectivity index (χ2n) is 8.38. The second-order valence-corrected chi connectivity index (χ2v) is 9.33. The van der Waals surface area contributed by atoms with E-state index in [0.29, 0.717) is 16.7 Å². The average Bonchev–Trinajstić information content (AvgIpc) is 3.55. The summed E-state index contributed by atoms with van der Waals surface area (Å²) in [7, 11) is 0. The number of nitrogens with zero attached hydrogens (tertiary/aromatic N) is 4. The van der Waals surface area contributed by atoms with Crippen LogP contribution in [0.2, 0.25) is 0 Å². The number of hydrogen-bond acceptors (Lipinski definition) is 5. The van der Waals surface area contributed by atoms with Crippen LogP contribution < -0.4 is 4.90 Å². The topological polar surface area (TPSA) is 68.1 Å². The SMILES string of the molecule is CC(C)n1ncc2c(N(C(=O)c3ccc(F)cc3)C(=O)c3ccc(F)cc3)cc(-c3cccs3)nc21. The molecule has 36 heavy (non-hydrogen) atoms.